The highest BCUT2D eigenvalue weighted by Crippen LogP contribution is 2.30. The van der Waals surface area contributed by atoms with Crippen LogP contribution in [0.1, 0.15) is 11.4 Å². The van der Waals surface area contributed by atoms with E-state index in [1.807, 2.05) is 24.3 Å². The molecule has 21 heavy (non-hydrogen) atoms. The first-order valence-electron chi connectivity index (χ1n) is 6.52. The van der Waals surface area contributed by atoms with Crippen LogP contribution < -0.4 is 4.74 Å². The Kier molecular flexibility index (Phi) is 3.91. The van der Waals surface area contributed by atoms with Gasteiger partial charge in [0.25, 0.3) is 0 Å². The maximum absolute atomic E-state index is 6.09. The van der Waals surface area contributed by atoms with Crippen LogP contribution in [0.2, 0.25) is 0 Å². The zero-order chi connectivity index (χ0) is 15.0. The third kappa shape index (κ3) is 2.43. The van der Waals surface area contributed by atoms with Crippen molar-refractivity contribution in [3.05, 3.63) is 52.3 Å². The van der Waals surface area contributed by atoms with Gasteiger partial charge in [-0.15, -0.1) is 11.6 Å². The lowest BCUT2D eigenvalue weighted by molar-refractivity contribution is 0.412. The Morgan fingerprint density at radius 2 is 2.10 bits per heavy atom. The Hall–Kier alpha value is -1.52. The van der Waals surface area contributed by atoms with E-state index in [0.29, 0.717) is 5.88 Å². The van der Waals surface area contributed by atoms with Crippen LogP contribution >= 0.6 is 27.5 Å². The summed E-state index contributed by atoms with van der Waals surface area (Å²) < 4.78 is 8.37. The van der Waals surface area contributed by atoms with Gasteiger partial charge in [0, 0.05) is 6.07 Å². The van der Waals surface area contributed by atoms with Crippen molar-refractivity contribution in [2.45, 2.75) is 12.8 Å². The Bertz CT molecular complexity index is 813. The van der Waals surface area contributed by atoms with E-state index < -0.39 is 0 Å². The SMILES string of the molecule is COc1cc(-n2c(CCl)nc3c(C)cccc32)ccc1Br. The van der Waals surface area contributed by atoms with Crippen molar-refractivity contribution in [3.63, 3.8) is 0 Å². The van der Waals surface area contributed by atoms with E-state index in [2.05, 4.69) is 44.5 Å². The third-order valence-electron chi connectivity index (χ3n) is 3.47. The molecule has 0 radical (unpaired) electrons. The summed E-state index contributed by atoms with van der Waals surface area (Å²) in [6, 6.07) is 12.1. The van der Waals surface area contributed by atoms with Crippen LogP contribution in [0.15, 0.2) is 40.9 Å². The average Bonchev–Trinajstić information content (AvgIpc) is 2.88. The number of halogens is 2. The van der Waals surface area contributed by atoms with Crippen molar-refractivity contribution in [2.75, 3.05) is 7.11 Å². The average molecular weight is 366 g/mol. The molecular weight excluding hydrogens is 352 g/mol. The lowest BCUT2D eigenvalue weighted by Gasteiger charge is -2.11. The number of imidazole rings is 1. The minimum Gasteiger partial charge on any atom is -0.495 e. The molecule has 0 amide bonds. The fraction of sp³-hybridized carbons (Fsp3) is 0.188. The molecule has 0 N–H and O–H groups in total. The molecule has 0 fully saturated rings. The number of aryl methyl sites for hydroxylation is 1. The van der Waals surface area contributed by atoms with E-state index >= 15 is 0 Å². The summed E-state index contributed by atoms with van der Waals surface area (Å²) in [7, 11) is 1.66. The molecule has 0 aliphatic rings. The molecule has 3 nitrogen and oxygen atoms in total. The van der Waals surface area contributed by atoms with Crippen molar-refractivity contribution >= 4 is 38.6 Å². The molecule has 0 saturated carbocycles. The Balaban J connectivity index is 2.31. The zero-order valence-corrected chi connectivity index (χ0v) is 14.1. The first-order chi connectivity index (χ1) is 10.2. The summed E-state index contributed by atoms with van der Waals surface area (Å²) >= 11 is 9.56. The fourth-order valence-corrected chi connectivity index (χ4v) is 3.04. The third-order valence-corrected chi connectivity index (χ3v) is 4.36. The summed E-state index contributed by atoms with van der Waals surface area (Å²) in [5.41, 5.74) is 4.16. The highest BCUT2D eigenvalue weighted by Gasteiger charge is 2.14. The number of fused-ring (bicyclic) bond motifs is 1. The normalized spacial score (nSPS) is 11.0. The van der Waals surface area contributed by atoms with Gasteiger partial charge in [0.15, 0.2) is 0 Å². The van der Waals surface area contributed by atoms with Gasteiger partial charge in [0.1, 0.15) is 11.6 Å². The molecule has 1 heterocycles. The molecule has 108 valence electrons. The molecule has 5 heteroatoms. The van der Waals surface area contributed by atoms with Crippen LogP contribution in [0, 0.1) is 6.92 Å². The van der Waals surface area contributed by atoms with Gasteiger partial charge in [-0.25, -0.2) is 4.98 Å². The predicted molar refractivity (Wildman–Crippen MR) is 89.6 cm³/mol. The molecular formula is C16H14BrClN2O. The Morgan fingerprint density at radius 1 is 1.29 bits per heavy atom. The van der Waals surface area contributed by atoms with Crippen molar-refractivity contribution < 1.29 is 4.74 Å². The number of methoxy groups -OCH3 is 1. The van der Waals surface area contributed by atoms with Crippen LogP contribution in [-0.4, -0.2) is 16.7 Å². The number of aromatic nitrogens is 2. The number of rotatable bonds is 3. The molecule has 1 aromatic heterocycles. The summed E-state index contributed by atoms with van der Waals surface area (Å²) in [5, 5.41) is 0. The highest BCUT2D eigenvalue weighted by molar-refractivity contribution is 9.10. The van der Waals surface area contributed by atoms with E-state index in [9.17, 15) is 0 Å². The molecule has 3 rings (SSSR count). The van der Waals surface area contributed by atoms with Crippen LogP contribution in [0.5, 0.6) is 5.75 Å². The zero-order valence-electron chi connectivity index (χ0n) is 11.7. The Morgan fingerprint density at radius 3 is 2.81 bits per heavy atom. The number of nitrogens with zero attached hydrogens (tertiary/aromatic N) is 2. The molecule has 0 spiro atoms. The molecule has 0 saturated heterocycles. The van der Waals surface area contributed by atoms with E-state index in [0.717, 1.165) is 38.3 Å². The van der Waals surface area contributed by atoms with E-state index in [-0.39, 0.29) is 0 Å². The summed E-state index contributed by atoms with van der Waals surface area (Å²) in [6.45, 7) is 2.06. The number of alkyl halides is 1. The number of benzene rings is 2. The van der Waals surface area contributed by atoms with Crippen LogP contribution in [-0.2, 0) is 5.88 Å². The lowest BCUT2D eigenvalue weighted by atomic mass is 10.2. The molecule has 0 aliphatic heterocycles. The maximum Gasteiger partial charge on any atom is 0.135 e. The topological polar surface area (TPSA) is 27.1 Å². The highest BCUT2D eigenvalue weighted by atomic mass is 79.9. The second kappa shape index (κ2) is 5.70. The number of ether oxygens (including phenoxy) is 1. The van der Waals surface area contributed by atoms with Gasteiger partial charge in [0.05, 0.1) is 34.2 Å². The van der Waals surface area contributed by atoms with Gasteiger partial charge in [-0.2, -0.15) is 0 Å². The predicted octanol–water partition coefficient (Wildman–Crippen LogP) is 4.84. The van der Waals surface area contributed by atoms with Gasteiger partial charge in [-0.1, -0.05) is 12.1 Å². The van der Waals surface area contributed by atoms with Crippen molar-refractivity contribution in [2.24, 2.45) is 0 Å². The first-order valence-corrected chi connectivity index (χ1v) is 7.85. The number of hydrogen-bond donors (Lipinski definition) is 0. The van der Waals surface area contributed by atoms with Gasteiger partial charge < -0.3 is 4.74 Å². The van der Waals surface area contributed by atoms with Crippen molar-refractivity contribution in [1.29, 1.82) is 0 Å². The van der Waals surface area contributed by atoms with Gasteiger partial charge in [-0.05, 0) is 46.6 Å². The monoisotopic (exact) mass is 364 g/mol. The minimum absolute atomic E-state index is 0.354. The van der Waals surface area contributed by atoms with Gasteiger partial charge in [-0.3, -0.25) is 4.57 Å². The van der Waals surface area contributed by atoms with E-state index in [1.54, 1.807) is 7.11 Å². The molecule has 3 aromatic rings. The first kappa shape index (κ1) is 14.4. The molecule has 0 unspecified atom stereocenters. The van der Waals surface area contributed by atoms with Gasteiger partial charge >= 0.3 is 0 Å². The summed E-state index contributed by atoms with van der Waals surface area (Å²) in [4.78, 5) is 4.66. The number of para-hydroxylation sites is 1. The van der Waals surface area contributed by atoms with Crippen LogP contribution in [0.25, 0.3) is 16.7 Å². The standard InChI is InChI=1S/C16H14BrClN2O/c1-10-4-3-5-13-16(10)19-15(9-18)20(13)11-6-7-12(17)14(8-11)21-2/h3-8H,9H2,1-2H3. The number of hydrogen-bond acceptors (Lipinski definition) is 2. The van der Waals surface area contributed by atoms with Crippen LogP contribution in [0.3, 0.4) is 0 Å². The Labute approximate surface area is 136 Å². The maximum atomic E-state index is 6.09. The van der Waals surface area contributed by atoms with Gasteiger partial charge in [0.2, 0.25) is 0 Å². The summed E-state index contributed by atoms with van der Waals surface area (Å²) in [5.74, 6) is 1.96. The smallest absolute Gasteiger partial charge is 0.135 e. The molecule has 0 bridgehead atoms. The van der Waals surface area contributed by atoms with Crippen molar-refractivity contribution in [1.82, 2.24) is 9.55 Å². The molecule has 0 aliphatic carbocycles. The molecule has 2 aromatic carbocycles. The summed E-state index contributed by atoms with van der Waals surface area (Å²) in [6.07, 6.45) is 0. The van der Waals surface area contributed by atoms with Crippen LogP contribution in [0.4, 0.5) is 0 Å². The van der Waals surface area contributed by atoms with E-state index in [1.165, 1.54) is 0 Å². The van der Waals surface area contributed by atoms with Crippen molar-refractivity contribution in [3.8, 4) is 11.4 Å². The largest absolute Gasteiger partial charge is 0.495 e. The second-order valence-corrected chi connectivity index (χ2v) is 5.88. The van der Waals surface area contributed by atoms with E-state index in [4.69, 9.17) is 16.3 Å². The second-order valence-electron chi connectivity index (χ2n) is 4.76. The minimum atomic E-state index is 0.354. The molecule has 0 atom stereocenters. The lowest BCUT2D eigenvalue weighted by Crippen LogP contribution is -2.00. The quantitative estimate of drug-likeness (QED) is 0.621. The fourth-order valence-electron chi connectivity index (χ4n) is 2.45.